The minimum atomic E-state index is -5.89. The molecule has 0 spiro atoms. The minimum absolute atomic E-state index is 0.0785. The fourth-order valence-electron chi connectivity index (χ4n) is 4.94. The first-order valence-corrected chi connectivity index (χ1v) is 14.0. The van der Waals surface area contributed by atoms with Gasteiger partial charge in [-0.1, -0.05) is 64.1 Å². The van der Waals surface area contributed by atoms with Crippen LogP contribution in [-0.4, -0.2) is 26.5 Å². The quantitative estimate of drug-likeness (QED) is 0.175. The molecule has 0 aromatic heterocycles. The number of esters is 1. The summed E-state index contributed by atoms with van der Waals surface area (Å²) >= 11 is 0. The predicted octanol–water partition coefficient (Wildman–Crippen LogP) is 7.77. The Hall–Kier alpha value is -3.33. The number of benzene rings is 3. The molecule has 39 heavy (non-hydrogen) atoms. The Bertz CT molecular complexity index is 1500. The van der Waals surface area contributed by atoms with Crippen molar-refractivity contribution in [2.45, 2.75) is 63.8 Å². The molecular formula is C30H31F3O5S. The van der Waals surface area contributed by atoms with Crippen molar-refractivity contribution in [2.75, 3.05) is 6.61 Å². The molecule has 0 amide bonds. The van der Waals surface area contributed by atoms with Crippen molar-refractivity contribution in [1.29, 1.82) is 0 Å². The van der Waals surface area contributed by atoms with E-state index in [1.165, 1.54) is 12.1 Å². The Labute approximate surface area is 227 Å². The van der Waals surface area contributed by atoms with Crippen LogP contribution in [-0.2, 0) is 25.7 Å². The Morgan fingerprint density at radius 2 is 1.38 bits per heavy atom. The van der Waals surface area contributed by atoms with Crippen molar-refractivity contribution < 1.29 is 35.3 Å². The van der Waals surface area contributed by atoms with E-state index in [9.17, 15) is 26.4 Å². The fraction of sp³-hybridized carbons (Fsp3) is 0.367. The van der Waals surface area contributed by atoms with E-state index in [1.807, 2.05) is 12.1 Å². The number of alkyl halides is 3. The topological polar surface area (TPSA) is 69.7 Å². The van der Waals surface area contributed by atoms with Crippen molar-refractivity contribution in [3.63, 3.8) is 0 Å². The number of hydrogen-bond donors (Lipinski definition) is 0. The number of carbonyl (C=O) groups is 1. The average Bonchev–Trinajstić information content (AvgIpc) is 2.86. The molecular weight excluding hydrogens is 529 g/mol. The molecule has 3 aromatic rings. The largest absolute Gasteiger partial charge is 0.534 e. The Kier molecular flexibility index (Phi) is 7.36. The van der Waals surface area contributed by atoms with Crippen molar-refractivity contribution in [3.8, 4) is 28.0 Å². The standard InChI is InChI=1S/C30H31F3O5S/c1-6-37-27(34)20-9-7-19(8-10-20)21-12-14-26(38-39(35,36)30(31,32)33)23(17-21)22-11-13-24-25(18-22)29(4,5)16-15-28(24,2)3/h7-14,17-18H,6,15-16H2,1-5H3. The van der Waals surface area contributed by atoms with Gasteiger partial charge in [0.05, 0.1) is 12.2 Å². The van der Waals surface area contributed by atoms with Crippen molar-refractivity contribution in [2.24, 2.45) is 0 Å². The van der Waals surface area contributed by atoms with Crippen LogP contribution in [0.15, 0.2) is 60.7 Å². The molecule has 0 N–H and O–H groups in total. The lowest BCUT2D eigenvalue weighted by atomic mass is 9.63. The average molecular weight is 561 g/mol. The fourth-order valence-corrected chi connectivity index (χ4v) is 5.42. The summed E-state index contributed by atoms with van der Waals surface area (Å²) in [6, 6.07) is 16.6. The smallest absolute Gasteiger partial charge is 0.462 e. The van der Waals surface area contributed by atoms with Gasteiger partial charge in [0.15, 0.2) is 5.75 Å². The summed E-state index contributed by atoms with van der Waals surface area (Å²) in [6.07, 6.45) is 1.91. The summed E-state index contributed by atoms with van der Waals surface area (Å²) in [7, 11) is -5.89. The van der Waals surface area contributed by atoms with Gasteiger partial charge in [-0.2, -0.15) is 21.6 Å². The SMILES string of the molecule is CCOC(=O)c1ccc(-c2ccc(OS(=O)(=O)C(F)(F)F)c(-c3ccc4c(c3)C(C)(C)CCC4(C)C)c2)cc1. The lowest BCUT2D eigenvalue weighted by Crippen LogP contribution is -2.33. The third-order valence-electron chi connectivity index (χ3n) is 7.36. The zero-order valence-electron chi connectivity index (χ0n) is 22.5. The molecule has 1 aliphatic carbocycles. The lowest BCUT2D eigenvalue weighted by molar-refractivity contribution is -0.0499. The third-order valence-corrected chi connectivity index (χ3v) is 8.32. The van der Waals surface area contributed by atoms with Crippen LogP contribution in [0, 0.1) is 0 Å². The molecule has 9 heteroatoms. The zero-order valence-corrected chi connectivity index (χ0v) is 23.3. The van der Waals surface area contributed by atoms with Crippen LogP contribution >= 0.6 is 0 Å². The number of hydrogen-bond acceptors (Lipinski definition) is 5. The first-order valence-electron chi connectivity index (χ1n) is 12.6. The van der Waals surface area contributed by atoms with Crippen LogP contribution < -0.4 is 4.18 Å². The van der Waals surface area contributed by atoms with Crippen LogP contribution in [0.1, 0.15) is 68.9 Å². The number of rotatable bonds is 6. The van der Waals surface area contributed by atoms with Gasteiger partial charge in [-0.05, 0) is 82.7 Å². The molecule has 0 fully saturated rings. The number of ether oxygens (including phenoxy) is 1. The van der Waals surface area contributed by atoms with Gasteiger partial charge in [0.25, 0.3) is 0 Å². The molecule has 0 saturated heterocycles. The lowest BCUT2D eigenvalue weighted by Gasteiger charge is -2.42. The first kappa shape index (κ1) is 28.7. The van der Waals surface area contributed by atoms with E-state index in [4.69, 9.17) is 4.74 Å². The molecule has 208 valence electrons. The molecule has 0 radical (unpaired) electrons. The van der Waals surface area contributed by atoms with E-state index in [0.717, 1.165) is 24.0 Å². The Morgan fingerprint density at radius 1 is 0.821 bits per heavy atom. The van der Waals surface area contributed by atoms with Gasteiger partial charge in [-0.3, -0.25) is 0 Å². The highest BCUT2D eigenvalue weighted by Crippen LogP contribution is 2.48. The molecule has 0 aliphatic heterocycles. The maximum atomic E-state index is 13.2. The van der Waals surface area contributed by atoms with Crippen molar-refractivity contribution >= 4 is 16.1 Å². The zero-order chi connectivity index (χ0) is 28.8. The number of fused-ring (bicyclic) bond motifs is 1. The molecule has 0 unspecified atom stereocenters. The summed E-state index contributed by atoms with van der Waals surface area (Å²) < 4.78 is 73.2. The van der Waals surface area contributed by atoms with Crippen LogP contribution in [0.4, 0.5) is 13.2 Å². The summed E-state index contributed by atoms with van der Waals surface area (Å²) in [5.74, 6) is -0.891. The highest BCUT2D eigenvalue weighted by Gasteiger charge is 2.49. The molecule has 3 aromatic carbocycles. The molecule has 0 heterocycles. The Balaban J connectivity index is 1.86. The van der Waals surface area contributed by atoms with E-state index in [-0.39, 0.29) is 23.0 Å². The second kappa shape index (κ2) is 10.0. The van der Waals surface area contributed by atoms with Gasteiger partial charge < -0.3 is 8.92 Å². The predicted molar refractivity (Wildman–Crippen MR) is 144 cm³/mol. The van der Waals surface area contributed by atoms with Crippen molar-refractivity contribution in [3.05, 3.63) is 77.4 Å². The van der Waals surface area contributed by atoms with E-state index >= 15 is 0 Å². The van der Waals surface area contributed by atoms with Gasteiger partial charge in [0, 0.05) is 5.56 Å². The van der Waals surface area contributed by atoms with E-state index in [2.05, 4.69) is 31.9 Å². The maximum absolute atomic E-state index is 13.2. The monoisotopic (exact) mass is 560 g/mol. The highest BCUT2D eigenvalue weighted by molar-refractivity contribution is 7.88. The van der Waals surface area contributed by atoms with Gasteiger partial charge in [0.1, 0.15) is 0 Å². The Morgan fingerprint density at radius 3 is 1.97 bits per heavy atom. The number of halogens is 3. The van der Waals surface area contributed by atoms with Crippen molar-refractivity contribution in [1.82, 2.24) is 0 Å². The van der Waals surface area contributed by atoms with Gasteiger partial charge in [-0.15, -0.1) is 0 Å². The van der Waals surface area contributed by atoms with E-state index in [1.54, 1.807) is 43.3 Å². The van der Waals surface area contributed by atoms with Gasteiger partial charge in [0.2, 0.25) is 0 Å². The molecule has 0 saturated carbocycles. The molecule has 0 atom stereocenters. The van der Waals surface area contributed by atoms with Crippen LogP contribution in [0.25, 0.3) is 22.3 Å². The van der Waals surface area contributed by atoms with E-state index in [0.29, 0.717) is 22.3 Å². The summed E-state index contributed by atoms with van der Waals surface area (Å²) in [6.45, 7) is 10.5. The van der Waals surface area contributed by atoms with Crippen LogP contribution in [0.5, 0.6) is 5.75 Å². The molecule has 5 nitrogen and oxygen atoms in total. The number of carbonyl (C=O) groups excluding carboxylic acids is 1. The molecule has 4 rings (SSSR count). The first-order chi connectivity index (χ1) is 18.1. The van der Waals surface area contributed by atoms with Crippen LogP contribution in [0.3, 0.4) is 0 Å². The second-order valence-corrected chi connectivity index (χ2v) is 12.6. The maximum Gasteiger partial charge on any atom is 0.534 e. The van der Waals surface area contributed by atoms with Crippen LogP contribution in [0.2, 0.25) is 0 Å². The third kappa shape index (κ3) is 5.69. The van der Waals surface area contributed by atoms with E-state index < -0.39 is 27.3 Å². The summed E-state index contributed by atoms with van der Waals surface area (Å²) in [5.41, 5.74) is -1.24. The summed E-state index contributed by atoms with van der Waals surface area (Å²) in [5, 5.41) is 0. The highest BCUT2D eigenvalue weighted by atomic mass is 32.2. The van der Waals surface area contributed by atoms with Gasteiger partial charge >= 0.3 is 21.6 Å². The normalized spacial score (nSPS) is 16.3. The van der Waals surface area contributed by atoms with Gasteiger partial charge in [-0.25, -0.2) is 4.79 Å². The molecule has 0 bridgehead atoms. The second-order valence-electron chi connectivity index (χ2n) is 11.0. The summed E-state index contributed by atoms with van der Waals surface area (Å²) in [4.78, 5) is 12.0. The minimum Gasteiger partial charge on any atom is -0.462 e. The molecule has 1 aliphatic rings.